The Labute approximate surface area is 130 Å². The average Bonchev–Trinajstić information content (AvgIpc) is 2.94. The molecule has 3 atom stereocenters. The molecule has 1 N–H and O–H groups in total. The summed E-state index contributed by atoms with van der Waals surface area (Å²) >= 11 is 9.41. The lowest BCUT2D eigenvalue weighted by Gasteiger charge is -2.22. The molecule has 2 aliphatic rings. The number of rotatable bonds is 2. The van der Waals surface area contributed by atoms with Crippen molar-refractivity contribution in [2.24, 2.45) is 0 Å². The van der Waals surface area contributed by atoms with Gasteiger partial charge in [-0.3, -0.25) is 4.79 Å². The molecule has 104 valence electrons. The van der Waals surface area contributed by atoms with Crippen LogP contribution in [0.3, 0.4) is 0 Å². The molecule has 1 amide bonds. The van der Waals surface area contributed by atoms with Gasteiger partial charge in [0.25, 0.3) is 5.91 Å². The van der Waals surface area contributed by atoms with E-state index in [2.05, 4.69) is 27.4 Å². The molecule has 0 saturated carbocycles. The number of nitrogens with zero attached hydrogens (tertiary/aromatic N) is 2. The summed E-state index contributed by atoms with van der Waals surface area (Å²) in [4.78, 5) is 14.1. The fourth-order valence-corrected chi connectivity index (χ4v) is 3.98. The smallest absolute Gasteiger partial charge is 0.253 e. The standard InChI is InChI=1S/C14H13BrClN3O/c15-8-1-3-10(11(16)5-8)14(20)18-12-6-9-2-4-13(12)19(9)7-17/h1,3,5,9,12-13H,2,4,6H2,(H,18,20)/t9-,12+,13+/m0/s1. The van der Waals surface area contributed by atoms with Crippen LogP contribution in [0.15, 0.2) is 22.7 Å². The molecule has 3 rings (SSSR count). The number of nitriles is 1. The molecule has 0 spiro atoms. The summed E-state index contributed by atoms with van der Waals surface area (Å²) in [5.74, 6) is -0.169. The van der Waals surface area contributed by atoms with Crippen molar-refractivity contribution in [2.45, 2.75) is 37.4 Å². The number of amides is 1. The lowest BCUT2D eigenvalue weighted by atomic mass is 9.95. The number of fused-ring (bicyclic) bond motifs is 2. The Kier molecular flexibility index (Phi) is 3.61. The Bertz CT molecular complexity index is 601. The van der Waals surface area contributed by atoms with Gasteiger partial charge in [-0.2, -0.15) is 5.26 Å². The van der Waals surface area contributed by atoms with Gasteiger partial charge < -0.3 is 10.2 Å². The second-order valence-electron chi connectivity index (χ2n) is 5.25. The number of halogens is 2. The maximum Gasteiger partial charge on any atom is 0.253 e. The van der Waals surface area contributed by atoms with E-state index in [0.717, 1.165) is 23.7 Å². The zero-order chi connectivity index (χ0) is 14.3. The van der Waals surface area contributed by atoms with Crippen molar-refractivity contribution in [2.75, 3.05) is 0 Å². The molecule has 0 aliphatic carbocycles. The van der Waals surface area contributed by atoms with Gasteiger partial charge in [0.05, 0.1) is 22.7 Å². The molecule has 20 heavy (non-hydrogen) atoms. The summed E-state index contributed by atoms with van der Waals surface area (Å²) in [5, 5.41) is 12.6. The quantitative estimate of drug-likeness (QED) is 0.831. The summed E-state index contributed by atoms with van der Waals surface area (Å²) in [6.07, 6.45) is 5.10. The first kappa shape index (κ1) is 13.7. The maximum atomic E-state index is 12.3. The van der Waals surface area contributed by atoms with Crippen LogP contribution in [0.25, 0.3) is 0 Å². The number of carbonyl (C=O) groups is 1. The van der Waals surface area contributed by atoms with Crippen LogP contribution in [0.5, 0.6) is 0 Å². The zero-order valence-electron chi connectivity index (χ0n) is 10.6. The highest BCUT2D eigenvalue weighted by molar-refractivity contribution is 9.10. The number of benzene rings is 1. The van der Waals surface area contributed by atoms with Crippen molar-refractivity contribution in [3.63, 3.8) is 0 Å². The molecule has 0 aromatic heterocycles. The highest BCUT2D eigenvalue weighted by Gasteiger charge is 2.46. The number of hydrogen-bond acceptors (Lipinski definition) is 3. The monoisotopic (exact) mass is 353 g/mol. The van der Waals surface area contributed by atoms with Crippen LogP contribution in [0.1, 0.15) is 29.6 Å². The Hall–Kier alpha value is -1.25. The summed E-state index contributed by atoms with van der Waals surface area (Å²) in [6.45, 7) is 0. The van der Waals surface area contributed by atoms with Crippen LogP contribution in [-0.2, 0) is 0 Å². The first-order valence-corrected chi connectivity index (χ1v) is 7.71. The fraction of sp³-hybridized carbons (Fsp3) is 0.429. The Morgan fingerprint density at radius 3 is 2.95 bits per heavy atom. The highest BCUT2D eigenvalue weighted by atomic mass is 79.9. The largest absolute Gasteiger partial charge is 0.347 e. The van der Waals surface area contributed by atoms with Crippen LogP contribution in [0.2, 0.25) is 5.02 Å². The normalized spacial score (nSPS) is 27.4. The van der Waals surface area contributed by atoms with E-state index in [1.165, 1.54) is 0 Å². The van der Waals surface area contributed by atoms with Gasteiger partial charge >= 0.3 is 0 Å². The van der Waals surface area contributed by atoms with Crippen LogP contribution >= 0.6 is 27.5 Å². The van der Waals surface area contributed by atoms with Gasteiger partial charge in [0.1, 0.15) is 0 Å². The molecular formula is C14H13BrClN3O. The topological polar surface area (TPSA) is 56.1 Å². The zero-order valence-corrected chi connectivity index (χ0v) is 13.0. The molecule has 1 aromatic carbocycles. The second kappa shape index (κ2) is 5.27. The van der Waals surface area contributed by atoms with Crippen molar-refractivity contribution >= 4 is 33.4 Å². The summed E-state index contributed by atoms with van der Waals surface area (Å²) in [5.41, 5.74) is 0.473. The fourth-order valence-electron chi connectivity index (χ4n) is 3.22. The molecule has 2 aliphatic heterocycles. The molecule has 6 heteroatoms. The van der Waals surface area contributed by atoms with E-state index < -0.39 is 0 Å². The van der Waals surface area contributed by atoms with Crippen LogP contribution in [-0.4, -0.2) is 28.9 Å². The number of nitrogens with one attached hydrogen (secondary N) is 1. The van der Waals surface area contributed by atoms with E-state index in [-0.39, 0.29) is 24.0 Å². The van der Waals surface area contributed by atoms with Gasteiger partial charge in [0, 0.05) is 10.5 Å². The average molecular weight is 355 g/mol. The van der Waals surface area contributed by atoms with Crippen molar-refractivity contribution in [3.05, 3.63) is 33.3 Å². The number of carbonyl (C=O) groups excluding carboxylic acids is 1. The minimum absolute atomic E-state index is 0.0422. The van der Waals surface area contributed by atoms with Crippen molar-refractivity contribution in [1.29, 1.82) is 5.26 Å². The summed E-state index contributed by atoms with van der Waals surface area (Å²) in [6, 6.07) is 5.68. The lowest BCUT2D eigenvalue weighted by Crippen LogP contribution is -2.43. The van der Waals surface area contributed by atoms with E-state index in [9.17, 15) is 4.79 Å². The maximum absolute atomic E-state index is 12.3. The molecule has 2 fully saturated rings. The van der Waals surface area contributed by atoms with E-state index >= 15 is 0 Å². The molecule has 2 bridgehead atoms. The first-order chi connectivity index (χ1) is 9.60. The van der Waals surface area contributed by atoms with Gasteiger partial charge in [0.2, 0.25) is 0 Å². The van der Waals surface area contributed by atoms with Gasteiger partial charge in [0.15, 0.2) is 6.19 Å². The van der Waals surface area contributed by atoms with Crippen molar-refractivity contribution in [3.8, 4) is 6.19 Å². The molecule has 2 heterocycles. The van der Waals surface area contributed by atoms with Gasteiger partial charge in [-0.1, -0.05) is 27.5 Å². The van der Waals surface area contributed by atoms with E-state index in [4.69, 9.17) is 16.9 Å². The third-order valence-corrected chi connectivity index (χ3v) is 4.95. The summed E-state index contributed by atoms with van der Waals surface area (Å²) < 4.78 is 0.842. The van der Waals surface area contributed by atoms with E-state index in [0.29, 0.717) is 10.6 Å². The lowest BCUT2D eigenvalue weighted by molar-refractivity contribution is 0.0928. The van der Waals surface area contributed by atoms with Gasteiger partial charge in [-0.05, 0) is 37.5 Å². The SMILES string of the molecule is N#CN1[C@H]2CC[C@@H]1[C@H](NC(=O)c1ccc(Br)cc1Cl)C2. The minimum atomic E-state index is -0.169. The van der Waals surface area contributed by atoms with E-state index in [1.54, 1.807) is 18.2 Å². The predicted molar refractivity (Wildman–Crippen MR) is 79.3 cm³/mol. The summed E-state index contributed by atoms with van der Waals surface area (Å²) in [7, 11) is 0. The minimum Gasteiger partial charge on any atom is -0.347 e. The Morgan fingerprint density at radius 1 is 1.50 bits per heavy atom. The molecule has 2 saturated heterocycles. The van der Waals surface area contributed by atoms with Crippen LogP contribution in [0, 0.1) is 11.5 Å². The second-order valence-corrected chi connectivity index (χ2v) is 6.57. The third-order valence-electron chi connectivity index (χ3n) is 4.14. The van der Waals surface area contributed by atoms with Gasteiger partial charge in [-0.25, -0.2) is 0 Å². The predicted octanol–water partition coefficient (Wildman–Crippen LogP) is 2.92. The van der Waals surface area contributed by atoms with Crippen molar-refractivity contribution < 1.29 is 4.79 Å². The highest BCUT2D eigenvalue weighted by Crippen LogP contribution is 2.37. The Balaban J connectivity index is 1.73. The molecule has 0 radical (unpaired) electrons. The molecular weight excluding hydrogens is 342 g/mol. The van der Waals surface area contributed by atoms with Crippen molar-refractivity contribution in [1.82, 2.24) is 10.2 Å². The molecule has 0 unspecified atom stereocenters. The first-order valence-electron chi connectivity index (χ1n) is 6.54. The molecule has 1 aromatic rings. The third kappa shape index (κ3) is 2.27. The van der Waals surface area contributed by atoms with Crippen LogP contribution in [0.4, 0.5) is 0 Å². The van der Waals surface area contributed by atoms with Gasteiger partial charge in [-0.15, -0.1) is 0 Å². The van der Waals surface area contributed by atoms with Crippen LogP contribution < -0.4 is 5.32 Å². The molecule has 4 nitrogen and oxygen atoms in total. The van der Waals surface area contributed by atoms with E-state index in [1.807, 2.05) is 4.90 Å². The number of hydrogen-bond donors (Lipinski definition) is 1. The Morgan fingerprint density at radius 2 is 2.30 bits per heavy atom.